The lowest BCUT2D eigenvalue weighted by molar-refractivity contribution is -0.0501. The van der Waals surface area contributed by atoms with Crippen molar-refractivity contribution in [2.24, 2.45) is 0 Å². The molecule has 12 nitrogen and oxygen atoms in total. The van der Waals surface area contributed by atoms with Crippen molar-refractivity contribution in [1.29, 1.82) is 0 Å². The number of anilines is 2. The summed E-state index contributed by atoms with van der Waals surface area (Å²) in [6, 6.07) is 0. The van der Waals surface area contributed by atoms with Gasteiger partial charge in [0.2, 0.25) is 5.95 Å². The van der Waals surface area contributed by atoms with Gasteiger partial charge in [0.15, 0.2) is 23.2 Å². The molecule has 0 bridgehead atoms. The molecule has 0 radical (unpaired) electrons. The molecule has 1 saturated heterocycles. The van der Waals surface area contributed by atoms with E-state index in [2.05, 4.69) is 25.6 Å². The number of imidazole rings is 1. The quantitative estimate of drug-likeness (QED) is 0.235. The van der Waals surface area contributed by atoms with Crippen molar-refractivity contribution in [3.63, 3.8) is 0 Å². The first-order chi connectivity index (χ1) is 12.6. The second-order valence-corrected chi connectivity index (χ2v) is 5.87. The van der Waals surface area contributed by atoms with Gasteiger partial charge in [-0.3, -0.25) is 4.57 Å². The van der Waals surface area contributed by atoms with Crippen LogP contribution in [0.4, 0.5) is 11.8 Å². The maximum Gasteiger partial charge on any atom is 0.207 e. The smallest absolute Gasteiger partial charge is 0.207 e. The molecule has 1 aliphatic heterocycles. The van der Waals surface area contributed by atoms with E-state index in [1.54, 1.807) is 0 Å². The van der Waals surface area contributed by atoms with Crippen LogP contribution >= 0.6 is 0 Å². The molecule has 2 aromatic heterocycles. The van der Waals surface area contributed by atoms with Crippen LogP contribution in [0.3, 0.4) is 0 Å². The highest BCUT2D eigenvalue weighted by atomic mass is 16.6. The van der Waals surface area contributed by atoms with Crippen LogP contribution in [0.1, 0.15) is 6.23 Å². The minimum Gasteiger partial charge on any atom is -0.395 e. The normalized spacial score (nSPS) is 25.8. The third-order valence-corrected chi connectivity index (χ3v) is 4.15. The van der Waals surface area contributed by atoms with Crippen molar-refractivity contribution in [1.82, 2.24) is 24.8 Å². The molecular weight excluding hydrogens is 346 g/mol. The van der Waals surface area contributed by atoms with E-state index in [1.165, 1.54) is 10.9 Å². The van der Waals surface area contributed by atoms with Gasteiger partial charge in [0, 0.05) is 19.6 Å². The lowest BCUT2D eigenvalue weighted by Gasteiger charge is -2.19. The van der Waals surface area contributed by atoms with Crippen LogP contribution in [0, 0.1) is 0 Å². The number of hydrogen-bond donors (Lipinski definition) is 7. The van der Waals surface area contributed by atoms with Gasteiger partial charge in [-0.25, -0.2) is 15.0 Å². The van der Waals surface area contributed by atoms with Crippen molar-refractivity contribution < 1.29 is 25.2 Å². The highest BCUT2D eigenvalue weighted by molar-refractivity contribution is 5.84. The zero-order valence-corrected chi connectivity index (χ0v) is 14.0. The molecule has 0 spiro atoms. The molecule has 12 heteroatoms. The van der Waals surface area contributed by atoms with Gasteiger partial charge < -0.3 is 41.5 Å². The van der Waals surface area contributed by atoms with Gasteiger partial charge in [-0.15, -0.1) is 0 Å². The summed E-state index contributed by atoms with van der Waals surface area (Å²) in [4.78, 5) is 12.4. The lowest BCUT2D eigenvalue weighted by Crippen LogP contribution is -2.33. The molecule has 1 fully saturated rings. The molecule has 0 aromatic carbocycles. The molecule has 8 N–H and O–H groups in total. The van der Waals surface area contributed by atoms with Crippen LogP contribution in [0.5, 0.6) is 0 Å². The Labute approximate surface area is 148 Å². The molecule has 2 aromatic rings. The Balaban J connectivity index is 1.91. The average Bonchev–Trinajstić information content (AvgIpc) is 3.14. The summed E-state index contributed by atoms with van der Waals surface area (Å²) in [5.74, 6) is 0.495. The van der Waals surface area contributed by atoms with E-state index < -0.39 is 31.1 Å². The molecule has 1 aliphatic rings. The van der Waals surface area contributed by atoms with E-state index >= 15 is 0 Å². The van der Waals surface area contributed by atoms with Crippen LogP contribution in [0.25, 0.3) is 11.2 Å². The molecule has 0 aliphatic carbocycles. The Kier molecular flexibility index (Phi) is 5.80. The van der Waals surface area contributed by atoms with Crippen molar-refractivity contribution in [3.8, 4) is 0 Å². The number of rotatable bonds is 8. The topological polar surface area (TPSA) is 184 Å². The Hall–Kier alpha value is -2.09. The van der Waals surface area contributed by atoms with Gasteiger partial charge in [-0.1, -0.05) is 0 Å². The van der Waals surface area contributed by atoms with Crippen LogP contribution in [-0.4, -0.2) is 91.1 Å². The number of aliphatic hydroxyl groups is 4. The van der Waals surface area contributed by atoms with Crippen LogP contribution < -0.4 is 16.4 Å². The predicted molar refractivity (Wildman–Crippen MR) is 91.2 cm³/mol. The second kappa shape index (κ2) is 8.07. The van der Waals surface area contributed by atoms with Crippen LogP contribution in [0.2, 0.25) is 0 Å². The summed E-state index contributed by atoms with van der Waals surface area (Å²) in [6.45, 7) is 1.08. The zero-order chi connectivity index (χ0) is 18.7. The Bertz CT molecular complexity index is 742. The number of aliphatic hydroxyl groups excluding tert-OH is 4. The van der Waals surface area contributed by atoms with E-state index in [0.29, 0.717) is 36.7 Å². The van der Waals surface area contributed by atoms with Crippen LogP contribution in [-0.2, 0) is 4.74 Å². The number of nitrogens with one attached hydrogen (secondary N) is 2. The van der Waals surface area contributed by atoms with E-state index in [4.69, 9.17) is 15.6 Å². The van der Waals surface area contributed by atoms with Crippen molar-refractivity contribution in [2.75, 3.05) is 43.9 Å². The van der Waals surface area contributed by atoms with Gasteiger partial charge in [-0.2, -0.15) is 0 Å². The largest absolute Gasteiger partial charge is 0.395 e. The maximum absolute atomic E-state index is 10.3. The second-order valence-electron chi connectivity index (χ2n) is 5.87. The molecule has 3 rings (SSSR count). The average molecular weight is 369 g/mol. The maximum atomic E-state index is 10.3. The lowest BCUT2D eigenvalue weighted by atomic mass is 10.1. The fourth-order valence-electron chi connectivity index (χ4n) is 2.85. The van der Waals surface area contributed by atoms with Gasteiger partial charge in [0.05, 0.1) is 13.2 Å². The van der Waals surface area contributed by atoms with E-state index in [0.717, 1.165) is 0 Å². The summed E-state index contributed by atoms with van der Waals surface area (Å²) in [5.41, 5.74) is 6.52. The molecule has 144 valence electrons. The molecule has 1 unspecified atom stereocenters. The first kappa shape index (κ1) is 18.7. The van der Waals surface area contributed by atoms with E-state index in [1.807, 2.05) is 0 Å². The first-order valence-electron chi connectivity index (χ1n) is 8.24. The Morgan fingerprint density at radius 2 is 1.96 bits per heavy atom. The van der Waals surface area contributed by atoms with E-state index in [9.17, 15) is 15.3 Å². The highest BCUT2D eigenvalue weighted by Gasteiger charge is 2.45. The molecule has 26 heavy (non-hydrogen) atoms. The van der Waals surface area contributed by atoms with Crippen molar-refractivity contribution >= 4 is 22.9 Å². The van der Waals surface area contributed by atoms with Crippen molar-refractivity contribution in [3.05, 3.63) is 6.33 Å². The zero-order valence-electron chi connectivity index (χ0n) is 14.0. The first-order valence-corrected chi connectivity index (χ1v) is 8.24. The third-order valence-electron chi connectivity index (χ3n) is 4.15. The van der Waals surface area contributed by atoms with Gasteiger partial charge >= 0.3 is 0 Å². The van der Waals surface area contributed by atoms with Gasteiger partial charge in [0.1, 0.15) is 24.6 Å². The molecule has 0 amide bonds. The van der Waals surface area contributed by atoms with Gasteiger partial charge in [0.25, 0.3) is 0 Å². The molecule has 4 atom stereocenters. The minimum atomic E-state index is -1.28. The predicted octanol–water partition coefficient (Wildman–Crippen LogP) is -2.99. The van der Waals surface area contributed by atoms with E-state index in [-0.39, 0.29) is 12.4 Å². The van der Waals surface area contributed by atoms with Gasteiger partial charge in [-0.05, 0) is 0 Å². The number of ether oxygens (including phenoxy) is 1. The Morgan fingerprint density at radius 1 is 1.15 bits per heavy atom. The Morgan fingerprint density at radius 3 is 2.65 bits per heavy atom. The number of aromatic nitrogens is 4. The number of nitrogens with zero attached hydrogens (tertiary/aromatic N) is 4. The number of nitrogens with two attached hydrogens (primary N) is 1. The third kappa shape index (κ3) is 3.42. The summed E-state index contributed by atoms with van der Waals surface area (Å²) in [7, 11) is 0. The van der Waals surface area contributed by atoms with Crippen LogP contribution in [0.15, 0.2) is 6.33 Å². The van der Waals surface area contributed by atoms with Crippen molar-refractivity contribution in [2.45, 2.75) is 24.5 Å². The minimum absolute atomic E-state index is 0.0349. The summed E-state index contributed by atoms with van der Waals surface area (Å²) >= 11 is 0. The molecule has 0 saturated carbocycles. The summed E-state index contributed by atoms with van der Waals surface area (Å²) in [6.07, 6.45) is -3.20. The number of hydrogen-bond acceptors (Lipinski definition) is 11. The fraction of sp³-hybridized carbons (Fsp3) is 0.643. The summed E-state index contributed by atoms with van der Waals surface area (Å²) in [5, 5.41) is 44.6. The highest BCUT2D eigenvalue weighted by Crippen LogP contribution is 2.34. The molecule has 3 heterocycles. The summed E-state index contributed by atoms with van der Waals surface area (Å²) < 4.78 is 7.09. The number of fused-ring (bicyclic) bond motifs is 1. The molecular formula is C14H23N7O5. The fourth-order valence-corrected chi connectivity index (χ4v) is 2.85. The standard InChI is InChI=1S/C14H23N7O5/c15-11-8-12(19-6-18-11)21(13-10(25)9(24)7(5-23)26-13)14(20-8)17-2-1-16-3-4-22/h6-7,9-10,13,16,22-25H,1-5H2,(H,17,20)(H2,15,18,19)/t7-,9-,10-,13?/m1/s1. The monoisotopic (exact) mass is 369 g/mol. The SMILES string of the molecule is Nc1ncnc2c1nc(NCCNCCO)n2C1O[C@H](CO)[C@@H](O)[C@H]1O. The number of nitrogen functional groups attached to an aromatic ring is 1.